The van der Waals surface area contributed by atoms with Gasteiger partial charge < -0.3 is 15.0 Å². The van der Waals surface area contributed by atoms with E-state index in [9.17, 15) is 0 Å². The predicted molar refractivity (Wildman–Crippen MR) is 78.1 cm³/mol. The number of nitrogen functional groups attached to an aromatic ring is 1. The summed E-state index contributed by atoms with van der Waals surface area (Å²) in [6.45, 7) is 8.65. The van der Waals surface area contributed by atoms with Crippen LogP contribution >= 0.6 is 0 Å². The highest BCUT2D eigenvalue weighted by Gasteiger charge is 2.23. The summed E-state index contributed by atoms with van der Waals surface area (Å²) in [7, 11) is 0. The Morgan fingerprint density at radius 1 is 1.35 bits per heavy atom. The molecule has 1 heterocycles. The Morgan fingerprint density at radius 2 is 2.10 bits per heavy atom. The van der Waals surface area contributed by atoms with Gasteiger partial charge in [0, 0.05) is 12.3 Å². The number of aromatic nitrogens is 2. The number of aryl methyl sites for hydroxylation is 1. The monoisotopic (exact) mass is 275 g/mol. The van der Waals surface area contributed by atoms with Crippen molar-refractivity contribution in [2.75, 3.05) is 12.3 Å². The van der Waals surface area contributed by atoms with E-state index in [1.54, 1.807) is 0 Å². The number of ether oxygens (including phenoxy) is 1. The van der Waals surface area contributed by atoms with Crippen LogP contribution < -0.4 is 5.73 Å². The molecule has 0 saturated carbocycles. The number of rotatable bonds is 5. The van der Waals surface area contributed by atoms with Crippen LogP contribution in [-0.4, -0.2) is 16.7 Å². The van der Waals surface area contributed by atoms with Gasteiger partial charge in [-0.2, -0.15) is 4.98 Å². The molecule has 1 aromatic carbocycles. The highest BCUT2D eigenvalue weighted by Crippen LogP contribution is 2.30. The smallest absolute Gasteiger partial charge is 0.260 e. The van der Waals surface area contributed by atoms with Gasteiger partial charge in [0.05, 0.1) is 5.56 Å². The highest BCUT2D eigenvalue weighted by atomic mass is 16.5. The van der Waals surface area contributed by atoms with E-state index in [0.717, 1.165) is 11.1 Å². The van der Waals surface area contributed by atoms with Crippen molar-refractivity contribution >= 4 is 5.69 Å². The summed E-state index contributed by atoms with van der Waals surface area (Å²) in [5, 5.41) is 4.04. The normalized spacial score (nSPS) is 12.8. The summed E-state index contributed by atoms with van der Waals surface area (Å²) in [6, 6.07) is 5.76. The zero-order valence-electron chi connectivity index (χ0n) is 12.4. The van der Waals surface area contributed by atoms with Gasteiger partial charge in [-0.1, -0.05) is 31.1 Å². The number of benzene rings is 1. The number of hydrogen-bond acceptors (Lipinski definition) is 5. The standard InChI is InChI=1S/C15H21N3O2/c1-5-19-13(9(2)3)14-17-15(20-18-14)11-8-6-7-10(4)12(11)16/h6-9,13H,5,16H2,1-4H3. The molecule has 0 amide bonds. The van der Waals surface area contributed by atoms with Gasteiger partial charge in [0.1, 0.15) is 6.10 Å². The lowest BCUT2D eigenvalue weighted by Crippen LogP contribution is -2.12. The predicted octanol–water partition coefficient (Wildman–Crippen LogP) is 3.36. The first kappa shape index (κ1) is 14.5. The van der Waals surface area contributed by atoms with Crippen LogP contribution in [0.3, 0.4) is 0 Å². The van der Waals surface area contributed by atoms with E-state index in [0.29, 0.717) is 24.0 Å². The molecule has 0 spiro atoms. The van der Waals surface area contributed by atoms with E-state index < -0.39 is 0 Å². The third-order valence-electron chi connectivity index (χ3n) is 3.20. The average molecular weight is 275 g/mol. The van der Waals surface area contributed by atoms with Crippen LogP contribution in [0.1, 0.15) is 38.3 Å². The van der Waals surface area contributed by atoms with Crippen LogP contribution in [0.25, 0.3) is 11.5 Å². The Balaban J connectivity index is 2.35. The molecule has 0 aliphatic heterocycles. The van der Waals surface area contributed by atoms with E-state index in [1.165, 1.54) is 0 Å². The molecular weight excluding hydrogens is 254 g/mol. The molecule has 0 radical (unpaired) electrons. The van der Waals surface area contributed by atoms with Gasteiger partial charge in [-0.05, 0) is 31.4 Å². The first-order valence-corrected chi connectivity index (χ1v) is 6.85. The maximum Gasteiger partial charge on any atom is 0.260 e. The molecule has 5 nitrogen and oxygen atoms in total. The van der Waals surface area contributed by atoms with Crippen molar-refractivity contribution in [1.82, 2.24) is 10.1 Å². The van der Waals surface area contributed by atoms with E-state index >= 15 is 0 Å². The maximum atomic E-state index is 6.06. The molecule has 0 fully saturated rings. The van der Waals surface area contributed by atoms with E-state index in [4.69, 9.17) is 15.0 Å². The van der Waals surface area contributed by atoms with Crippen LogP contribution in [0.4, 0.5) is 5.69 Å². The Hall–Kier alpha value is -1.88. The molecule has 0 aliphatic carbocycles. The molecular formula is C15H21N3O2. The van der Waals surface area contributed by atoms with E-state index in [2.05, 4.69) is 24.0 Å². The lowest BCUT2D eigenvalue weighted by atomic mass is 10.1. The molecule has 2 rings (SSSR count). The Labute approximate surface area is 119 Å². The highest BCUT2D eigenvalue weighted by molar-refractivity contribution is 5.73. The van der Waals surface area contributed by atoms with Crippen LogP contribution in [0.5, 0.6) is 0 Å². The van der Waals surface area contributed by atoms with Crippen LogP contribution in [-0.2, 0) is 4.74 Å². The minimum atomic E-state index is -0.163. The van der Waals surface area contributed by atoms with Crippen molar-refractivity contribution < 1.29 is 9.26 Å². The Morgan fingerprint density at radius 3 is 2.75 bits per heavy atom. The summed E-state index contributed by atoms with van der Waals surface area (Å²) in [5.41, 5.74) is 8.49. The molecule has 1 atom stereocenters. The van der Waals surface area contributed by atoms with Crippen molar-refractivity contribution in [3.63, 3.8) is 0 Å². The molecule has 0 bridgehead atoms. The molecule has 0 saturated heterocycles. The molecule has 5 heteroatoms. The van der Waals surface area contributed by atoms with Gasteiger partial charge in [0.2, 0.25) is 5.82 Å². The van der Waals surface area contributed by atoms with Gasteiger partial charge in [-0.25, -0.2) is 0 Å². The molecule has 2 N–H and O–H groups in total. The third kappa shape index (κ3) is 2.82. The SMILES string of the molecule is CCOC(c1noc(-c2cccc(C)c2N)n1)C(C)C. The van der Waals surface area contributed by atoms with Crippen LogP contribution in [0.2, 0.25) is 0 Å². The van der Waals surface area contributed by atoms with Gasteiger partial charge >= 0.3 is 0 Å². The third-order valence-corrected chi connectivity index (χ3v) is 3.20. The van der Waals surface area contributed by atoms with Crippen molar-refractivity contribution in [3.05, 3.63) is 29.6 Å². The van der Waals surface area contributed by atoms with Gasteiger partial charge in [-0.15, -0.1) is 0 Å². The van der Waals surface area contributed by atoms with Gasteiger partial charge in [0.15, 0.2) is 0 Å². The number of anilines is 1. The van der Waals surface area contributed by atoms with E-state index in [-0.39, 0.29) is 12.0 Å². The molecule has 0 aliphatic rings. The Kier molecular flexibility index (Phi) is 4.39. The summed E-state index contributed by atoms with van der Waals surface area (Å²) in [4.78, 5) is 4.44. The number of nitrogens with two attached hydrogens (primary N) is 1. The largest absolute Gasteiger partial charge is 0.398 e. The van der Waals surface area contributed by atoms with Crippen molar-refractivity contribution in [2.45, 2.75) is 33.8 Å². The lowest BCUT2D eigenvalue weighted by molar-refractivity contribution is 0.0217. The summed E-state index contributed by atoms with van der Waals surface area (Å²) in [6.07, 6.45) is -0.163. The zero-order valence-corrected chi connectivity index (χ0v) is 12.4. The fourth-order valence-electron chi connectivity index (χ4n) is 2.07. The fourth-order valence-corrected chi connectivity index (χ4v) is 2.07. The number of nitrogens with zero attached hydrogens (tertiary/aromatic N) is 2. The maximum absolute atomic E-state index is 6.06. The molecule has 1 aromatic heterocycles. The minimum Gasteiger partial charge on any atom is -0.398 e. The number of para-hydroxylation sites is 1. The van der Waals surface area contributed by atoms with Crippen molar-refractivity contribution in [3.8, 4) is 11.5 Å². The Bertz CT molecular complexity index is 578. The molecule has 2 aromatic rings. The van der Waals surface area contributed by atoms with Crippen LogP contribution in [0, 0.1) is 12.8 Å². The summed E-state index contributed by atoms with van der Waals surface area (Å²) < 4.78 is 11.0. The topological polar surface area (TPSA) is 74.2 Å². The van der Waals surface area contributed by atoms with Crippen molar-refractivity contribution in [2.24, 2.45) is 5.92 Å². The second-order valence-corrected chi connectivity index (χ2v) is 5.11. The van der Waals surface area contributed by atoms with Gasteiger partial charge in [0.25, 0.3) is 5.89 Å². The first-order valence-electron chi connectivity index (χ1n) is 6.85. The quantitative estimate of drug-likeness (QED) is 0.847. The molecule has 20 heavy (non-hydrogen) atoms. The second-order valence-electron chi connectivity index (χ2n) is 5.11. The minimum absolute atomic E-state index is 0.163. The second kappa shape index (κ2) is 6.05. The molecule has 1 unspecified atom stereocenters. The molecule has 108 valence electrons. The van der Waals surface area contributed by atoms with Crippen LogP contribution in [0.15, 0.2) is 22.7 Å². The van der Waals surface area contributed by atoms with Crippen molar-refractivity contribution in [1.29, 1.82) is 0 Å². The fraction of sp³-hybridized carbons (Fsp3) is 0.467. The lowest BCUT2D eigenvalue weighted by Gasteiger charge is -2.16. The summed E-state index contributed by atoms with van der Waals surface area (Å²) >= 11 is 0. The number of hydrogen-bond donors (Lipinski definition) is 1. The van der Waals surface area contributed by atoms with Gasteiger partial charge in [-0.3, -0.25) is 0 Å². The average Bonchev–Trinajstić information content (AvgIpc) is 2.88. The zero-order chi connectivity index (χ0) is 14.7. The summed E-state index contributed by atoms with van der Waals surface area (Å²) in [5.74, 6) is 1.28. The first-order chi connectivity index (χ1) is 9.54. The van der Waals surface area contributed by atoms with E-state index in [1.807, 2.05) is 32.0 Å².